The van der Waals surface area contributed by atoms with Crippen LogP contribution in [0.5, 0.6) is 11.6 Å². The number of benzene rings is 2. The van der Waals surface area contributed by atoms with E-state index >= 15 is 4.39 Å². The lowest BCUT2D eigenvalue weighted by atomic mass is 10.0. The predicted octanol–water partition coefficient (Wildman–Crippen LogP) is 5.13. The first-order chi connectivity index (χ1) is 19.9. The highest BCUT2D eigenvalue weighted by molar-refractivity contribution is 5.98. The third kappa shape index (κ3) is 6.03. The first-order valence-corrected chi connectivity index (χ1v) is 13.6. The molecule has 0 bridgehead atoms. The second kappa shape index (κ2) is 12.2. The van der Waals surface area contributed by atoms with E-state index in [1.54, 1.807) is 17.9 Å². The van der Waals surface area contributed by atoms with Crippen LogP contribution in [0.4, 0.5) is 15.0 Å². The minimum Gasteiger partial charge on any atom is -0.436 e. The van der Waals surface area contributed by atoms with Gasteiger partial charge in [-0.2, -0.15) is 0 Å². The maximum absolute atomic E-state index is 15.0. The second-order valence-electron chi connectivity index (χ2n) is 9.87. The number of nitrogens with zero attached hydrogens (tertiary/aromatic N) is 5. The fraction of sp³-hybridized carbons (Fsp3) is 0.300. The Labute approximate surface area is 236 Å². The third-order valence-corrected chi connectivity index (χ3v) is 6.96. The standard InChI is InChI=1S/C30H31FN6O4/c1-3-13-36-20(2)28(29(39)37(36)22-9-5-4-6-10-22)24(38)17-21-11-12-25(23(31)16-21)41-27-18-26(32-19-33-27)34-30(40)35-14-7-8-15-35/h4-6,9-12,16,18-19H,3,7-8,13-15,17H2,1-2H3,(H,32,33,34,40). The van der Waals surface area contributed by atoms with Crippen LogP contribution in [0, 0.1) is 12.7 Å². The van der Waals surface area contributed by atoms with Gasteiger partial charge in [-0.1, -0.05) is 31.2 Å². The van der Waals surface area contributed by atoms with Crippen molar-refractivity contribution >= 4 is 17.6 Å². The van der Waals surface area contributed by atoms with Gasteiger partial charge in [0.2, 0.25) is 5.88 Å². The van der Waals surface area contributed by atoms with E-state index in [4.69, 9.17) is 4.74 Å². The van der Waals surface area contributed by atoms with Crippen molar-refractivity contribution in [1.82, 2.24) is 24.2 Å². The van der Waals surface area contributed by atoms with Crippen LogP contribution in [0.1, 0.15) is 47.8 Å². The Balaban J connectivity index is 1.31. The van der Waals surface area contributed by atoms with Crippen molar-refractivity contribution in [3.8, 4) is 17.3 Å². The minimum absolute atomic E-state index is 0.0498. The summed E-state index contributed by atoms with van der Waals surface area (Å²) in [6.07, 6.45) is 3.76. The average Bonchev–Trinajstić information content (AvgIpc) is 3.58. The van der Waals surface area contributed by atoms with Gasteiger partial charge in [-0.05, 0) is 56.0 Å². The first kappa shape index (κ1) is 27.8. The van der Waals surface area contributed by atoms with Crippen molar-refractivity contribution in [2.24, 2.45) is 0 Å². The lowest BCUT2D eigenvalue weighted by Gasteiger charge is -2.15. The zero-order valence-corrected chi connectivity index (χ0v) is 23.0. The maximum atomic E-state index is 15.0. The van der Waals surface area contributed by atoms with Crippen molar-refractivity contribution in [2.45, 2.75) is 46.1 Å². The average molecular weight is 559 g/mol. The van der Waals surface area contributed by atoms with Gasteiger partial charge in [0.15, 0.2) is 17.3 Å². The molecule has 0 radical (unpaired) electrons. The van der Waals surface area contributed by atoms with Crippen LogP contribution in [0.3, 0.4) is 0 Å². The van der Waals surface area contributed by atoms with E-state index in [0.717, 1.165) is 19.3 Å². The van der Waals surface area contributed by atoms with Crippen LogP contribution in [0.25, 0.3) is 5.69 Å². The Kier molecular flexibility index (Phi) is 8.23. The minimum atomic E-state index is -0.696. The molecule has 0 unspecified atom stereocenters. The van der Waals surface area contributed by atoms with Gasteiger partial charge >= 0.3 is 6.03 Å². The first-order valence-electron chi connectivity index (χ1n) is 13.6. The molecule has 1 N–H and O–H groups in total. The number of urea groups is 1. The molecule has 41 heavy (non-hydrogen) atoms. The van der Waals surface area contributed by atoms with Crippen molar-refractivity contribution in [3.05, 3.63) is 93.9 Å². The summed E-state index contributed by atoms with van der Waals surface area (Å²) in [6, 6.07) is 14.5. The van der Waals surface area contributed by atoms with Gasteiger partial charge in [0.1, 0.15) is 17.7 Å². The molecule has 1 aliphatic heterocycles. The summed E-state index contributed by atoms with van der Waals surface area (Å²) in [6.45, 7) is 5.70. The molecule has 11 heteroatoms. The fourth-order valence-electron chi connectivity index (χ4n) is 4.97. The van der Waals surface area contributed by atoms with Crippen molar-refractivity contribution < 1.29 is 18.7 Å². The number of halogens is 1. The molecule has 0 saturated carbocycles. The summed E-state index contributed by atoms with van der Waals surface area (Å²) in [5.74, 6) is -0.906. The van der Waals surface area contributed by atoms with E-state index in [0.29, 0.717) is 36.6 Å². The van der Waals surface area contributed by atoms with E-state index in [2.05, 4.69) is 15.3 Å². The molecular formula is C30H31FN6O4. The van der Waals surface area contributed by atoms with E-state index in [1.807, 2.05) is 41.9 Å². The number of carbonyl (C=O) groups is 2. The molecular weight excluding hydrogens is 527 g/mol. The van der Waals surface area contributed by atoms with E-state index in [9.17, 15) is 14.4 Å². The predicted molar refractivity (Wildman–Crippen MR) is 151 cm³/mol. The topological polar surface area (TPSA) is 111 Å². The number of nitrogens with one attached hydrogen (secondary N) is 1. The monoisotopic (exact) mass is 558 g/mol. The molecule has 0 spiro atoms. The molecule has 5 rings (SSSR count). The van der Waals surface area contributed by atoms with Crippen molar-refractivity contribution in [3.63, 3.8) is 0 Å². The zero-order valence-electron chi connectivity index (χ0n) is 23.0. The van der Waals surface area contributed by atoms with Gasteiger partial charge in [-0.3, -0.25) is 19.6 Å². The molecule has 2 aromatic heterocycles. The molecule has 1 saturated heterocycles. The third-order valence-electron chi connectivity index (χ3n) is 6.96. The summed E-state index contributed by atoms with van der Waals surface area (Å²) in [5, 5.41) is 2.70. The molecule has 0 atom stereocenters. The molecule has 3 heterocycles. The van der Waals surface area contributed by atoms with E-state index in [1.165, 1.54) is 29.2 Å². The number of ketones is 1. The Bertz CT molecular complexity index is 1630. The number of para-hydroxylation sites is 1. The van der Waals surface area contributed by atoms with E-state index in [-0.39, 0.29) is 35.5 Å². The summed E-state index contributed by atoms with van der Waals surface area (Å²) in [4.78, 5) is 48.8. The van der Waals surface area contributed by atoms with Crippen LogP contribution >= 0.6 is 0 Å². The van der Waals surface area contributed by atoms with Gasteiger partial charge in [0.05, 0.1) is 5.69 Å². The quantitative estimate of drug-likeness (QED) is 0.285. The van der Waals surface area contributed by atoms with Crippen LogP contribution < -0.4 is 15.6 Å². The summed E-state index contributed by atoms with van der Waals surface area (Å²) in [7, 11) is 0. The van der Waals surface area contributed by atoms with Crippen LogP contribution in [0.15, 0.2) is 65.7 Å². The largest absolute Gasteiger partial charge is 0.436 e. The molecule has 2 amide bonds. The second-order valence-corrected chi connectivity index (χ2v) is 9.87. The normalized spacial score (nSPS) is 12.9. The van der Waals surface area contributed by atoms with Gasteiger partial charge < -0.3 is 9.64 Å². The van der Waals surface area contributed by atoms with Crippen LogP contribution in [-0.2, 0) is 13.0 Å². The van der Waals surface area contributed by atoms with Crippen LogP contribution in [0.2, 0.25) is 0 Å². The van der Waals surface area contributed by atoms with Gasteiger partial charge in [0, 0.05) is 37.8 Å². The Morgan fingerprint density at radius 2 is 1.80 bits per heavy atom. The van der Waals surface area contributed by atoms with E-state index < -0.39 is 17.2 Å². The summed E-state index contributed by atoms with van der Waals surface area (Å²) in [5.41, 5.74) is 1.33. The molecule has 10 nitrogen and oxygen atoms in total. The number of likely N-dealkylation sites (tertiary alicyclic amines) is 1. The lowest BCUT2D eigenvalue weighted by molar-refractivity contribution is 0.0991. The number of Topliss-reactive ketones (excluding diaryl/α,β-unsaturated/α-hetero) is 1. The fourth-order valence-corrected chi connectivity index (χ4v) is 4.97. The molecule has 2 aromatic carbocycles. The highest BCUT2D eigenvalue weighted by Crippen LogP contribution is 2.26. The lowest BCUT2D eigenvalue weighted by Crippen LogP contribution is -2.32. The Morgan fingerprint density at radius 3 is 2.51 bits per heavy atom. The zero-order chi connectivity index (χ0) is 28.9. The van der Waals surface area contributed by atoms with Gasteiger partial charge in [-0.25, -0.2) is 23.8 Å². The molecule has 1 aliphatic rings. The highest BCUT2D eigenvalue weighted by Gasteiger charge is 2.24. The van der Waals surface area contributed by atoms with Crippen LogP contribution in [-0.4, -0.2) is 49.1 Å². The number of carbonyl (C=O) groups excluding carboxylic acids is 2. The Hall–Kier alpha value is -4.80. The smallest absolute Gasteiger partial charge is 0.323 e. The molecule has 1 fully saturated rings. The van der Waals surface area contributed by atoms with Gasteiger partial charge in [0.25, 0.3) is 5.56 Å². The van der Waals surface area contributed by atoms with Gasteiger partial charge in [-0.15, -0.1) is 0 Å². The number of anilines is 1. The Morgan fingerprint density at radius 1 is 1.05 bits per heavy atom. The number of hydrogen-bond donors (Lipinski definition) is 1. The SMILES string of the molecule is CCCn1c(C)c(C(=O)Cc2ccc(Oc3cc(NC(=O)N4CCCC4)ncn3)c(F)c2)c(=O)n1-c1ccccc1. The summed E-state index contributed by atoms with van der Waals surface area (Å²) < 4.78 is 24.0. The number of aromatic nitrogens is 4. The number of ether oxygens (including phenoxy) is 1. The highest BCUT2D eigenvalue weighted by atomic mass is 19.1. The molecule has 0 aliphatic carbocycles. The molecule has 4 aromatic rings. The maximum Gasteiger partial charge on any atom is 0.323 e. The number of amides is 2. The number of rotatable bonds is 9. The molecule has 212 valence electrons. The number of hydrogen-bond acceptors (Lipinski definition) is 6. The van der Waals surface area contributed by atoms with Crippen molar-refractivity contribution in [1.29, 1.82) is 0 Å². The van der Waals surface area contributed by atoms with Crippen molar-refractivity contribution in [2.75, 3.05) is 18.4 Å². The summed E-state index contributed by atoms with van der Waals surface area (Å²) >= 11 is 0.